The van der Waals surface area contributed by atoms with Crippen molar-refractivity contribution in [2.45, 2.75) is 187 Å². The van der Waals surface area contributed by atoms with Crippen LogP contribution in [0.1, 0.15) is 187 Å². The number of carboxylic acids is 2. The van der Waals surface area contributed by atoms with Crippen LogP contribution in [0, 0.1) is 5.41 Å². The van der Waals surface area contributed by atoms with Gasteiger partial charge in [-0.05, 0) is 25.7 Å². The SMILES string of the molecule is CCCCCCCCCCCCCC(CCCCCCCCCCCCC)(CCCC(=O)O)C(=O)O. The molecule has 4 heteroatoms. The summed E-state index contributed by atoms with van der Waals surface area (Å²) in [7, 11) is 0. The van der Waals surface area contributed by atoms with Gasteiger partial charge in [0, 0.05) is 6.42 Å². The first-order valence-electron chi connectivity index (χ1n) is 15.9. The second kappa shape index (κ2) is 25.6. The van der Waals surface area contributed by atoms with Gasteiger partial charge in [0.2, 0.25) is 0 Å². The summed E-state index contributed by atoms with van der Waals surface area (Å²) in [5.74, 6) is -1.52. The van der Waals surface area contributed by atoms with Gasteiger partial charge >= 0.3 is 11.9 Å². The maximum Gasteiger partial charge on any atom is 0.309 e. The molecule has 0 aliphatic carbocycles. The van der Waals surface area contributed by atoms with E-state index in [0.29, 0.717) is 25.7 Å². The lowest BCUT2D eigenvalue weighted by molar-refractivity contribution is -0.151. The van der Waals surface area contributed by atoms with Gasteiger partial charge in [-0.3, -0.25) is 9.59 Å². The van der Waals surface area contributed by atoms with Crippen molar-refractivity contribution in [1.82, 2.24) is 0 Å². The molecule has 214 valence electrons. The topological polar surface area (TPSA) is 74.6 Å². The summed E-state index contributed by atoms with van der Waals surface area (Å²) in [6.45, 7) is 4.51. The third-order valence-corrected chi connectivity index (χ3v) is 8.02. The minimum atomic E-state index is -0.821. The fraction of sp³-hybridized carbons (Fsp3) is 0.938. The lowest BCUT2D eigenvalue weighted by atomic mass is 9.74. The van der Waals surface area contributed by atoms with Crippen LogP contribution < -0.4 is 0 Å². The van der Waals surface area contributed by atoms with E-state index in [0.717, 1.165) is 25.7 Å². The van der Waals surface area contributed by atoms with Gasteiger partial charge in [0.1, 0.15) is 0 Å². The molecule has 0 bridgehead atoms. The largest absolute Gasteiger partial charge is 0.481 e. The van der Waals surface area contributed by atoms with E-state index in [9.17, 15) is 14.7 Å². The van der Waals surface area contributed by atoms with Crippen molar-refractivity contribution in [3.63, 3.8) is 0 Å². The van der Waals surface area contributed by atoms with Gasteiger partial charge in [-0.25, -0.2) is 0 Å². The number of rotatable bonds is 29. The lowest BCUT2D eigenvalue weighted by Crippen LogP contribution is -2.31. The van der Waals surface area contributed by atoms with Crippen molar-refractivity contribution in [3.05, 3.63) is 0 Å². The number of hydrogen-bond donors (Lipinski definition) is 2. The van der Waals surface area contributed by atoms with E-state index in [4.69, 9.17) is 5.11 Å². The van der Waals surface area contributed by atoms with Crippen LogP contribution in [-0.4, -0.2) is 22.2 Å². The van der Waals surface area contributed by atoms with E-state index < -0.39 is 17.4 Å². The highest BCUT2D eigenvalue weighted by molar-refractivity contribution is 5.74. The summed E-state index contributed by atoms with van der Waals surface area (Å²) in [5, 5.41) is 19.2. The molecule has 0 heterocycles. The number of unbranched alkanes of at least 4 members (excludes halogenated alkanes) is 20. The second-order valence-electron chi connectivity index (χ2n) is 11.4. The van der Waals surface area contributed by atoms with Gasteiger partial charge in [-0.15, -0.1) is 0 Å². The molecule has 0 rings (SSSR count). The summed E-state index contributed by atoms with van der Waals surface area (Å²) < 4.78 is 0. The molecule has 0 atom stereocenters. The maximum atomic E-state index is 12.4. The van der Waals surface area contributed by atoms with Gasteiger partial charge in [-0.2, -0.15) is 0 Å². The molecule has 0 aliphatic rings. The Bertz CT molecular complexity index is 476. The molecule has 0 saturated heterocycles. The molecule has 0 aliphatic heterocycles. The molecule has 0 aromatic heterocycles. The van der Waals surface area contributed by atoms with Crippen molar-refractivity contribution < 1.29 is 19.8 Å². The first-order chi connectivity index (χ1) is 17.5. The molecule has 2 N–H and O–H groups in total. The van der Waals surface area contributed by atoms with Crippen LogP contribution in [0.15, 0.2) is 0 Å². The molecule has 0 amide bonds. The number of carboxylic acid groups (broad SMARTS) is 2. The Hall–Kier alpha value is -1.06. The molecule has 0 radical (unpaired) electrons. The normalized spacial score (nSPS) is 11.7. The zero-order chi connectivity index (χ0) is 26.7. The van der Waals surface area contributed by atoms with Crippen molar-refractivity contribution in [3.8, 4) is 0 Å². The Morgan fingerprint density at radius 2 is 0.722 bits per heavy atom. The van der Waals surface area contributed by atoms with Crippen LogP contribution in [0.4, 0.5) is 0 Å². The minimum absolute atomic E-state index is 0.0749. The monoisotopic (exact) mass is 510 g/mol. The first-order valence-corrected chi connectivity index (χ1v) is 15.9. The smallest absolute Gasteiger partial charge is 0.309 e. The molecule has 0 unspecified atom stereocenters. The third kappa shape index (κ3) is 21.1. The van der Waals surface area contributed by atoms with E-state index in [1.54, 1.807) is 0 Å². The summed E-state index contributed by atoms with van der Waals surface area (Å²) in [6.07, 6.45) is 30.2. The molecule has 0 aromatic carbocycles. The fourth-order valence-corrected chi connectivity index (χ4v) is 5.53. The Morgan fingerprint density at radius 1 is 0.444 bits per heavy atom. The number of carbonyl (C=O) groups is 2. The van der Waals surface area contributed by atoms with Crippen molar-refractivity contribution >= 4 is 11.9 Å². The Kier molecular flexibility index (Phi) is 24.8. The zero-order valence-electron chi connectivity index (χ0n) is 24.3. The molecule has 0 fully saturated rings. The molecular formula is C32H62O4. The highest BCUT2D eigenvalue weighted by Crippen LogP contribution is 2.37. The predicted molar refractivity (Wildman–Crippen MR) is 154 cm³/mol. The van der Waals surface area contributed by atoms with E-state index in [-0.39, 0.29) is 6.42 Å². The van der Waals surface area contributed by atoms with E-state index in [1.165, 1.54) is 116 Å². The highest BCUT2D eigenvalue weighted by atomic mass is 16.4. The second-order valence-corrected chi connectivity index (χ2v) is 11.4. The quantitative estimate of drug-likeness (QED) is 0.0981. The van der Waals surface area contributed by atoms with Crippen molar-refractivity contribution in [1.29, 1.82) is 0 Å². The van der Waals surface area contributed by atoms with Gasteiger partial charge < -0.3 is 10.2 Å². The zero-order valence-corrected chi connectivity index (χ0v) is 24.3. The summed E-state index contributed by atoms with van der Waals surface area (Å²) >= 11 is 0. The molecule has 0 spiro atoms. The van der Waals surface area contributed by atoms with Crippen molar-refractivity contribution in [2.24, 2.45) is 5.41 Å². The summed E-state index contributed by atoms with van der Waals surface area (Å²) in [4.78, 5) is 23.4. The predicted octanol–water partition coefficient (Wildman–Crippen LogP) is 10.7. The van der Waals surface area contributed by atoms with Gasteiger partial charge in [0.05, 0.1) is 5.41 Å². The summed E-state index contributed by atoms with van der Waals surface area (Å²) in [6, 6.07) is 0. The average molecular weight is 511 g/mol. The third-order valence-electron chi connectivity index (χ3n) is 8.02. The average Bonchev–Trinajstić information content (AvgIpc) is 2.85. The molecule has 0 aromatic rings. The van der Waals surface area contributed by atoms with E-state index in [2.05, 4.69) is 13.8 Å². The van der Waals surface area contributed by atoms with Crippen LogP contribution in [0.5, 0.6) is 0 Å². The minimum Gasteiger partial charge on any atom is -0.481 e. The van der Waals surface area contributed by atoms with Crippen LogP contribution in [0.3, 0.4) is 0 Å². The number of aliphatic carboxylic acids is 2. The first kappa shape index (κ1) is 34.9. The van der Waals surface area contributed by atoms with Crippen LogP contribution in [-0.2, 0) is 9.59 Å². The van der Waals surface area contributed by atoms with Crippen LogP contribution in [0.2, 0.25) is 0 Å². The van der Waals surface area contributed by atoms with Gasteiger partial charge in [0.25, 0.3) is 0 Å². The van der Waals surface area contributed by atoms with Crippen molar-refractivity contribution in [2.75, 3.05) is 0 Å². The molecule has 0 saturated carbocycles. The van der Waals surface area contributed by atoms with Gasteiger partial charge in [-0.1, -0.05) is 155 Å². The van der Waals surface area contributed by atoms with Crippen LogP contribution >= 0.6 is 0 Å². The molecule has 4 nitrogen and oxygen atoms in total. The van der Waals surface area contributed by atoms with Gasteiger partial charge in [0.15, 0.2) is 0 Å². The molecule has 36 heavy (non-hydrogen) atoms. The number of hydrogen-bond acceptors (Lipinski definition) is 2. The maximum absolute atomic E-state index is 12.4. The summed E-state index contributed by atoms with van der Waals surface area (Å²) in [5.41, 5.74) is -0.728. The lowest BCUT2D eigenvalue weighted by Gasteiger charge is -2.30. The Morgan fingerprint density at radius 3 is 1.00 bits per heavy atom. The standard InChI is InChI=1S/C32H62O4/c1-3-5-7-9-11-13-15-17-19-21-23-27-32(31(35)36,29-25-26-30(33)34)28-24-22-20-18-16-14-12-10-8-6-4-2/h3-29H2,1-2H3,(H,33,34)(H,35,36). The van der Waals surface area contributed by atoms with E-state index in [1.807, 2.05) is 0 Å². The van der Waals surface area contributed by atoms with Crippen LogP contribution in [0.25, 0.3) is 0 Å². The Balaban J connectivity index is 4.24. The van der Waals surface area contributed by atoms with E-state index >= 15 is 0 Å². The molecular weight excluding hydrogens is 448 g/mol. The highest BCUT2D eigenvalue weighted by Gasteiger charge is 2.36. The fourth-order valence-electron chi connectivity index (χ4n) is 5.53. The Labute approximate surface area is 224 Å².